The molecule has 5 nitrogen and oxygen atoms in total. The van der Waals surface area contributed by atoms with Crippen molar-refractivity contribution >= 4 is 17.4 Å². The maximum atomic E-state index is 6.69. The summed E-state index contributed by atoms with van der Waals surface area (Å²) in [7, 11) is 1.61. The number of rotatable bonds is 10. The quantitative estimate of drug-likeness (QED) is 0.503. The second-order valence-corrected chi connectivity index (χ2v) is 7.23. The summed E-state index contributed by atoms with van der Waals surface area (Å²) in [5.41, 5.74) is 2.28. The van der Waals surface area contributed by atoms with E-state index in [0.717, 1.165) is 36.9 Å². The van der Waals surface area contributed by atoms with Crippen molar-refractivity contribution in [3.8, 4) is 22.9 Å². The van der Waals surface area contributed by atoms with Crippen LogP contribution >= 0.6 is 11.6 Å². The van der Waals surface area contributed by atoms with E-state index >= 15 is 0 Å². The Kier molecular flexibility index (Phi) is 8.36. The number of anilines is 1. The highest BCUT2D eigenvalue weighted by Crippen LogP contribution is 2.38. The lowest BCUT2D eigenvalue weighted by Gasteiger charge is -2.20. The summed E-state index contributed by atoms with van der Waals surface area (Å²) in [6.07, 6.45) is 4.01. The second-order valence-electron chi connectivity index (χ2n) is 6.85. The minimum atomic E-state index is 0.140. The average molecular weight is 406 g/mol. The van der Waals surface area contributed by atoms with Crippen molar-refractivity contribution in [3.05, 3.63) is 28.9 Å². The molecule has 0 fully saturated rings. The van der Waals surface area contributed by atoms with Crippen molar-refractivity contribution in [1.29, 1.82) is 0 Å². The molecule has 0 bridgehead atoms. The molecule has 0 amide bonds. The predicted octanol–water partition coefficient (Wildman–Crippen LogP) is 6.28. The fourth-order valence-electron chi connectivity index (χ4n) is 3.10. The molecule has 0 radical (unpaired) electrons. The van der Waals surface area contributed by atoms with Crippen molar-refractivity contribution in [2.45, 2.75) is 72.4 Å². The Morgan fingerprint density at radius 1 is 1.04 bits per heavy atom. The van der Waals surface area contributed by atoms with E-state index in [1.807, 2.05) is 25.1 Å². The summed E-state index contributed by atoms with van der Waals surface area (Å²) in [6, 6.07) is 6.09. The lowest BCUT2D eigenvalue weighted by Crippen LogP contribution is -2.19. The Labute approximate surface area is 173 Å². The van der Waals surface area contributed by atoms with Gasteiger partial charge >= 0.3 is 0 Å². The highest BCUT2D eigenvalue weighted by atomic mass is 35.5. The predicted molar refractivity (Wildman–Crippen MR) is 117 cm³/mol. The number of nitrogens with zero attached hydrogens (tertiary/aromatic N) is 2. The van der Waals surface area contributed by atoms with Crippen LogP contribution in [0.25, 0.3) is 11.3 Å². The minimum Gasteiger partial charge on any atom is -0.489 e. The van der Waals surface area contributed by atoms with Gasteiger partial charge in [0.25, 0.3) is 5.88 Å². The molecular formula is C22H32ClN3O2. The number of hydrogen-bond donors (Lipinski definition) is 1. The standard InChI is InChI=1S/C22H32ClN3O2/c1-7-15(8-2)25-21-22(27-6)26-20(14(5)24-21)17-12-11-13-18(19(17)23)28-16(9-3)10-4/h11-13,15-16H,7-10H2,1-6H3,(H,24,25). The van der Waals surface area contributed by atoms with Crippen LogP contribution in [0, 0.1) is 6.92 Å². The van der Waals surface area contributed by atoms with E-state index in [2.05, 4.69) is 33.0 Å². The molecule has 0 aliphatic carbocycles. The van der Waals surface area contributed by atoms with Crippen LogP contribution in [0.1, 0.15) is 59.1 Å². The largest absolute Gasteiger partial charge is 0.489 e. The Balaban J connectivity index is 2.45. The van der Waals surface area contributed by atoms with E-state index < -0.39 is 0 Å². The van der Waals surface area contributed by atoms with Crippen LogP contribution in [0.2, 0.25) is 5.02 Å². The molecule has 2 aromatic rings. The van der Waals surface area contributed by atoms with Gasteiger partial charge in [0.05, 0.1) is 29.6 Å². The van der Waals surface area contributed by atoms with Gasteiger partial charge in [-0.3, -0.25) is 0 Å². The summed E-state index contributed by atoms with van der Waals surface area (Å²) >= 11 is 6.69. The zero-order valence-electron chi connectivity index (χ0n) is 17.8. The van der Waals surface area contributed by atoms with Crippen LogP contribution in [0.5, 0.6) is 11.6 Å². The van der Waals surface area contributed by atoms with E-state index in [9.17, 15) is 0 Å². The van der Waals surface area contributed by atoms with Gasteiger partial charge in [-0.15, -0.1) is 0 Å². The number of benzene rings is 1. The molecule has 0 saturated heterocycles. The molecule has 28 heavy (non-hydrogen) atoms. The molecule has 0 spiro atoms. The maximum absolute atomic E-state index is 6.69. The highest BCUT2D eigenvalue weighted by Gasteiger charge is 2.19. The molecule has 1 aromatic carbocycles. The van der Waals surface area contributed by atoms with Crippen molar-refractivity contribution in [2.75, 3.05) is 12.4 Å². The van der Waals surface area contributed by atoms with Gasteiger partial charge in [-0.1, -0.05) is 51.4 Å². The third kappa shape index (κ3) is 5.07. The highest BCUT2D eigenvalue weighted by molar-refractivity contribution is 6.34. The van der Waals surface area contributed by atoms with Gasteiger partial charge < -0.3 is 14.8 Å². The normalized spacial score (nSPS) is 11.2. The molecule has 1 heterocycles. The van der Waals surface area contributed by atoms with Crippen LogP contribution in [0.15, 0.2) is 18.2 Å². The molecule has 0 atom stereocenters. The lowest BCUT2D eigenvalue weighted by atomic mass is 10.1. The Morgan fingerprint density at radius 2 is 1.71 bits per heavy atom. The van der Waals surface area contributed by atoms with Gasteiger partial charge in [0.2, 0.25) is 0 Å². The SMILES string of the molecule is CCC(CC)Nc1nc(C)c(-c2cccc(OC(CC)CC)c2Cl)nc1OC. The van der Waals surface area contributed by atoms with Crippen molar-refractivity contribution in [3.63, 3.8) is 0 Å². The molecular weight excluding hydrogens is 374 g/mol. The molecule has 0 aliphatic heterocycles. The smallest absolute Gasteiger partial charge is 0.257 e. The number of ether oxygens (including phenoxy) is 2. The third-order valence-corrected chi connectivity index (χ3v) is 5.37. The average Bonchev–Trinajstić information content (AvgIpc) is 2.71. The summed E-state index contributed by atoms with van der Waals surface area (Å²) in [6.45, 7) is 10.4. The summed E-state index contributed by atoms with van der Waals surface area (Å²) in [4.78, 5) is 9.44. The Morgan fingerprint density at radius 3 is 2.29 bits per heavy atom. The number of aromatic nitrogens is 2. The van der Waals surface area contributed by atoms with Crippen molar-refractivity contribution in [1.82, 2.24) is 9.97 Å². The van der Waals surface area contributed by atoms with Crippen LogP contribution in [0.4, 0.5) is 5.82 Å². The Bertz CT molecular complexity index is 775. The number of halogens is 1. The minimum absolute atomic E-state index is 0.140. The molecule has 0 aliphatic rings. The van der Waals surface area contributed by atoms with Crippen LogP contribution < -0.4 is 14.8 Å². The fraction of sp³-hybridized carbons (Fsp3) is 0.545. The fourth-order valence-corrected chi connectivity index (χ4v) is 3.36. The summed E-state index contributed by atoms with van der Waals surface area (Å²) in [5, 5.41) is 3.98. The molecule has 1 N–H and O–H groups in total. The van der Waals surface area contributed by atoms with Crippen LogP contribution in [-0.4, -0.2) is 29.2 Å². The van der Waals surface area contributed by atoms with Gasteiger partial charge in [0, 0.05) is 11.6 Å². The van der Waals surface area contributed by atoms with Crippen LogP contribution in [-0.2, 0) is 0 Å². The number of aryl methyl sites for hydroxylation is 1. The number of nitrogens with one attached hydrogen (secondary N) is 1. The van der Waals surface area contributed by atoms with E-state index in [1.54, 1.807) is 7.11 Å². The van der Waals surface area contributed by atoms with E-state index in [-0.39, 0.29) is 6.10 Å². The zero-order chi connectivity index (χ0) is 20.7. The molecule has 0 saturated carbocycles. The lowest BCUT2D eigenvalue weighted by molar-refractivity contribution is 0.193. The third-order valence-electron chi connectivity index (χ3n) is 4.98. The number of methoxy groups -OCH3 is 1. The maximum Gasteiger partial charge on any atom is 0.257 e. The van der Waals surface area contributed by atoms with E-state index in [0.29, 0.717) is 34.2 Å². The molecule has 154 valence electrons. The molecule has 1 aromatic heterocycles. The topological polar surface area (TPSA) is 56.3 Å². The van der Waals surface area contributed by atoms with Gasteiger partial charge in [-0.2, -0.15) is 0 Å². The second kappa shape index (κ2) is 10.5. The molecule has 6 heteroatoms. The van der Waals surface area contributed by atoms with Gasteiger partial charge in [0.1, 0.15) is 5.75 Å². The van der Waals surface area contributed by atoms with Gasteiger partial charge in [0.15, 0.2) is 5.82 Å². The zero-order valence-corrected chi connectivity index (χ0v) is 18.6. The van der Waals surface area contributed by atoms with Crippen molar-refractivity contribution in [2.24, 2.45) is 0 Å². The first-order valence-corrected chi connectivity index (χ1v) is 10.5. The summed E-state index contributed by atoms with van der Waals surface area (Å²) < 4.78 is 11.6. The first-order chi connectivity index (χ1) is 13.5. The van der Waals surface area contributed by atoms with E-state index in [1.165, 1.54) is 0 Å². The monoisotopic (exact) mass is 405 g/mol. The van der Waals surface area contributed by atoms with Gasteiger partial charge in [-0.25, -0.2) is 9.97 Å². The van der Waals surface area contributed by atoms with Gasteiger partial charge in [-0.05, 0) is 38.7 Å². The van der Waals surface area contributed by atoms with E-state index in [4.69, 9.17) is 31.0 Å². The first kappa shape index (κ1) is 22.3. The number of hydrogen-bond acceptors (Lipinski definition) is 5. The summed E-state index contributed by atoms with van der Waals surface area (Å²) in [5.74, 6) is 1.81. The Hall–Kier alpha value is -2.01. The van der Waals surface area contributed by atoms with Crippen LogP contribution in [0.3, 0.4) is 0 Å². The van der Waals surface area contributed by atoms with Crippen molar-refractivity contribution < 1.29 is 9.47 Å². The molecule has 0 unspecified atom stereocenters. The molecule has 2 rings (SSSR count). The first-order valence-electron chi connectivity index (χ1n) is 10.1.